The Kier molecular flexibility index (Phi) is 5.12. The van der Waals surface area contributed by atoms with Crippen molar-refractivity contribution < 1.29 is 4.79 Å². The number of carbonyl (C=O) groups is 1. The number of rotatable bonds is 5. The standard InChI is InChI=1S/C23H20N6OS2/c1-13-21(29-12-6-5-9-18(29)25-13)20-14(2)31-23(28-20)27-19-11-10-17(32-19)22(30)26-16-8-4-3-7-15(16)24/h3-12H,24H2,1-2H3,(H,26,30)(H,27,28). The first-order chi connectivity index (χ1) is 15.5. The molecule has 160 valence electrons. The lowest BCUT2D eigenvalue weighted by atomic mass is 10.2. The summed E-state index contributed by atoms with van der Waals surface area (Å²) in [5.41, 5.74) is 10.8. The van der Waals surface area contributed by atoms with E-state index in [1.165, 1.54) is 11.3 Å². The van der Waals surface area contributed by atoms with Gasteiger partial charge in [0.1, 0.15) is 11.3 Å². The van der Waals surface area contributed by atoms with Crippen LogP contribution in [0, 0.1) is 13.8 Å². The van der Waals surface area contributed by atoms with Crippen molar-refractivity contribution in [1.29, 1.82) is 0 Å². The van der Waals surface area contributed by atoms with Crippen LogP contribution in [-0.2, 0) is 0 Å². The predicted octanol–water partition coefficient (Wildman–Crippen LogP) is 5.71. The van der Waals surface area contributed by atoms with Crippen LogP contribution in [0.15, 0.2) is 60.8 Å². The van der Waals surface area contributed by atoms with Crippen molar-refractivity contribution in [3.05, 3.63) is 76.2 Å². The minimum atomic E-state index is -0.196. The van der Waals surface area contributed by atoms with E-state index in [9.17, 15) is 4.79 Å². The van der Waals surface area contributed by atoms with Crippen LogP contribution in [0.4, 0.5) is 21.5 Å². The summed E-state index contributed by atoms with van der Waals surface area (Å²) in [6, 6.07) is 16.8. The van der Waals surface area contributed by atoms with E-state index >= 15 is 0 Å². The fraction of sp³-hybridized carbons (Fsp3) is 0.0870. The van der Waals surface area contributed by atoms with Gasteiger partial charge in [0, 0.05) is 11.1 Å². The predicted molar refractivity (Wildman–Crippen MR) is 132 cm³/mol. The minimum Gasteiger partial charge on any atom is -0.397 e. The van der Waals surface area contributed by atoms with Gasteiger partial charge in [0.25, 0.3) is 5.91 Å². The number of amides is 1. The topological polar surface area (TPSA) is 97.3 Å². The van der Waals surface area contributed by atoms with Gasteiger partial charge in [-0.25, -0.2) is 9.97 Å². The third-order valence-corrected chi connectivity index (χ3v) is 6.88. The lowest BCUT2D eigenvalue weighted by Gasteiger charge is -2.06. The molecule has 0 aliphatic heterocycles. The molecule has 0 unspecified atom stereocenters. The molecule has 1 aromatic carbocycles. The van der Waals surface area contributed by atoms with E-state index in [2.05, 4.69) is 26.9 Å². The molecule has 0 fully saturated rings. The maximum Gasteiger partial charge on any atom is 0.265 e. The summed E-state index contributed by atoms with van der Waals surface area (Å²) in [5.74, 6) is -0.196. The number of carbonyl (C=O) groups excluding carboxylic acids is 1. The van der Waals surface area contributed by atoms with Gasteiger partial charge in [0.05, 0.1) is 32.6 Å². The Labute approximate surface area is 192 Å². The number of para-hydroxylation sites is 2. The van der Waals surface area contributed by atoms with Gasteiger partial charge in [0.15, 0.2) is 5.13 Å². The van der Waals surface area contributed by atoms with Crippen LogP contribution >= 0.6 is 22.7 Å². The summed E-state index contributed by atoms with van der Waals surface area (Å²) in [6.07, 6.45) is 2.00. The first-order valence-corrected chi connectivity index (χ1v) is 11.6. The Morgan fingerprint density at radius 3 is 2.66 bits per heavy atom. The molecule has 5 rings (SSSR count). The normalized spacial score (nSPS) is 11.1. The summed E-state index contributed by atoms with van der Waals surface area (Å²) >= 11 is 2.94. The zero-order valence-electron chi connectivity index (χ0n) is 17.4. The van der Waals surface area contributed by atoms with Gasteiger partial charge < -0.3 is 16.4 Å². The average molecular weight is 461 g/mol. The van der Waals surface area contributed by atoms with Crippen molar-refractivity contribution in [2.24, 2.45) is 0 Å². The maximum atomic E-state index is 12.6. The van der Waals surface area contributed by atoms with Crippen molar-refractivity contribution in [2.45, 2.75) is 13.8 Å². The number of hydrogen-bond donors (Lipinski definition) is 3. The molecule has 0 spiro atoms. The summed E-state index contributed by atoms with van der Waals surface area (Å²) in [5, 5.41) is 7.80. The van der Waals surface area contributed by atoms with E-state index in [-0.39, 0.29) is 5.91 Å². The highest BCUT2D eigenvalue weighted by Gasteiger charge is 2.18. The molecule has 0 saturated heterocycles. The van der Waals surface area contributed by atoms with Crippen molar-refractivity contribution in [3.63, 3.8) is 0 Å². The van der Waals surface area contributed by atoms with E-state index in [0.717, 1.165) is 37.7 Å². The number of nitrogens with two attached hydrogens (primary N) is 1. The average Bonchev–Trinajstić information content (AvgIpc) is 3.46. The van der Waals surface area contributed by atoms with E-state index in [0.29, 0.717) is 16.3 Å². The Bertz CT molecular complexity index is 1450. The number of aromatic nitrogens is 3. The van der Waals surface area contributed by atoms with Crippen LogP contribution in [0.3, 0.4) is 0 Å². The highest BCUT2D eigenvalue weighted by Crippen LogP contribution is 2.35. The number of pyridine rings is 1. The van der Waals surface area contributed by atoms with Gasteiger partial charge in [-0.3, -0.25) is 9.20 Å². The number of benzene rings is 1. The summed E-state index contributed by atoms with van der Waals surface area (Å²) < 4.78 is 2.06. The van der Waals surface area contributed by atoms with Crippen molar-refractivity contribution in [3.8, 4) is 11.4 Å². The molecule has 32 heavy (non-hydrogen) atoms. The largest absolute Gasteiger partial charge is 0.397 e. The van der Waals surface area contributed by atoms with Crippen LogP contribution in [-0.4, -0.2) is 20.3 Å². The number of hydrogen-bond acceptors (Lipinski definition) is 7. The molecule has 4 N–H and O–H groups in total. The number of nitrogens with zero attached hydrogens (tertiary/aromatic N) is 3. The maximum absolute atomic E-state index is 12.6. The van der Waals surface area contributed by atoms with Crippen molar-refractivity contribution in [1.82, 2.24) is 14.4 Å². The fourth-order valence-electron chi connectivity index (χ4n) is 3.50. The van der Waals surface area contributed by atoms with Crippen LogP contribution in [0.2, 0.25) is 0 Å². The zero-order valence-corrected chi connectivity index (χ0v) is 19.1. The van der Waals surface area contributed by atoms with Gasteiger partial charge in [-0.1, -0.05) is 18.2 Å². The van der Waals surface area contributed by atoms with Gasteiger partial charge >= 0.3 is 0 Å². The Hall–Kier alpha value is -3.69. The molecule has 0 atom stereocenters. The molecule has 5 aromatic rings. The molecule has 9 heteroatoms. The quantitative estimate of drug-likeness (QED) is 0.292. The van der Waals surface area contributed by atoms with Crippen LogP contribution < -0.4 is 16.4 Å². The lowest BCUT2D eigenvalue weighted by Crippen LogP contribution is -2.11. The zero-order chi connectivity index (χ0) is 22.2. The summed E-state index contributed by atoms with van der Waals surface area (Å²) in [4.78, 5) is 23.8. The number of nitrogens with one attached hydrogen (secondary N) is 2. The highest BCUT2D eigenvalue weighted by molar-refractivity contribution is 7.19. The van der Waals surface area contributed by atoms with Crippen molar-refractivity contribution >= 4 is 55.7 Å². The number of imidazole rings is 1. The van der Waals surface area contributed by atoms with Gasteiger partial charge in [-0.2, -0.15) is 0 Å². The second kappa shape index (κ2) is 8.10. The van der Waals surface area contributed by atoms with Gasteiger partial charge in [-0.05, 0) is 50.2 Å². The van der Waals surface area contributed by atoms with Crippen LogP contribution in [0.25, 0.3) is 17.0 Å². The molecule has 4 heterocycles. The lowest BCUT2D eigenvalue weighted by molar-refractivity contribution is 0.103. The number of anilines is 4. The summed E-state index contributed by atoms with van der Waals surface area (Å²) in [7, 11) is 0. The van der Waals surface area contributed by atoms with E-state index in [1.807, 2.05) is 49.5 Å². The fourth-order valence-corrected chi connectivity index (χ4v) is 5.19. The summed E-state index contributed by atoms with van der Waals surface area (Å²) in [6.45, 7) is 4.05. The molecule has 7 nitrogen and oxygen atoms in total. The number of aryl methyl sites for hydroxylation is 2. The van der Waals surface area contributed by atoms with E-state index in [1.54, 1.807) is 29.5 Å². The van der Waals surface area contributed by atoms with Gasteiger partial charge in [0.2, 0.25) is 0 Å². The molecule has 0 aliphatic rings. The molecular weight excluding hydrogens is 440 g/mol. The molecule has 0 saturated carbocycles. The third-order valence-electron chi connectivity index (χ3n) is 4.99. The highest BCUT2D eigenvalue weighted by atomic mass is 32.1. The number of nitrogen functional groups attached to an aromatic ring is 1. The first-order valence-electron chi connectivity index (χ1n) is 9.94. The van der Waals surface area contributed by atoms with E-state index in [4.69, 9.17) is 10.7 Å². The minimum absolute atomic E-state index is 0.196. The Morgan fingerprint density at radius 1 is 1.00 bits per heavy atom. The van der Waals surface area contributed by atoms with Crippen LogP contribution in [0.1, 0.15) is 20.2 Å². The number of thiophene rings is 1. The number of fused-ring (bicyclic) bond motifs is 1. The molecule has 1 amide bonds. The Morgan fingerprint density at radius 2 is 1.81 bits per heavy atom. The van der Waals surface area contributed by atoms with Crippen molar-refractivity contribution in [2.75, 3.05) is 16.4 Å². The monoisotopic (exact) mass is 460 g/mol. The molecule has 4 aromatic heterocycles. The Balaban J connectivity index is 1.37. The van der Waals surface area contributed by atoms with Crippen LogP contribution in [0.5, 0.6) is 0 Å². The van der Waals surface area contributed by atoms with E-state index < -0.39 is 0 Å². The number of thiazole rings is 1. The second-order valence-electron chi connectivity index (χ2n) is 7.23. The molecule has 0 bridgehead atoms. The molecule has 0 aliphatic carbocycles. The molecule has 0 radical (unpaired) electrons. The second-order valence-corrected chi connectivity index (χ2v) is 9.52. The third kappa shape index (κ3) is 3.72. The smallest absolute Gasteiger partial charge is 0.265 e. The van der Waals surface area contributed by atoms with Gasteiger partial charge in [-0.15, -0.1) is 22.7 Å². The molecular formula is C23H20N6OS2. The SMILES string of the molecule is Cc1nc2ccccn2c1-c1nc(Nc2ccc(C(=O)Nc3ccccc3N)s2)sc1C. The first kappa shape index (κ1) is 20.2.